The molecular formula is C24H26O8. The van der Waals surface area contributed by atoms with Crippen LogP contribution in [0.4, 0.5) is 0 Å². The molecule has 1 N–H and O–H groups in total. The van der Waals surface area contributed by atoms with E-state index in [1.54, 1.807) is 61.7 Å². The van der Waals surface area contributed by atoms with Crippen LogP contribution in [0.3, 0.4) is 0 Å². The van der Waals surface area contributed by atoms with Crippen LogP contribution in [0.15, 0.2) is 54.6 Å². The fourth-order valence-electron chi connectivity index (χ4n) is 2.50. The molecule has 0 aliphatic carbocycles. The van der Waals surface area contributed by atoms with Crippen molar-refractivity contribution < 1.29 is 38.4 Å². The van der Waals surface area contributed by atoms with Crippen molar-refractivity contribution in [3.63, 3.8) is 0 Å². The summed E-state index contributed by atoms with van der Waals surface area (Å²) in [4.78, 5) is 23.6. The van der Waals surface area contributed by atoms with Crippen LogP contribution in [0.1, 0.15) is 11.1 Å². The molecule has 1 atom stereocenters. The number of benzene rings is 2. The van der Waals surface area contributed by atoms with Gasteiger partial charge < -0.3 is 28.8 Å². The third kappa shape index (κ3) is 8.16. The van der Waals surface area contributed by atoms with E-state index in [1.807, 2.05) is 0 Å². The smallest absolute Gasteiger partial charge is 0.330 e. The quantitative estimate of drug-likeness (QED) is 0.419. The minimum absolute atomic E-state index is 0.307. The Morgan fingerprint density at radius 2 is 1.31 bits per heavy atom. The molecule has 0 heterocycles. The minimum Gasteiger partial charge on any atom is -0.497 e. The molecule has 32 heavy (non-hydrogen) atoms. The molecule has 0 amide bonds. The molecule has 0 aliphatic rings. The van der Waals surface area contributed by atoms with Gasteiger partial charge in [-0.25, -0.2) is 9.59 Å². The number of hydrogen-bond donors (Lipinski definition) is 1. The van der Waals surface area contributed by atoms with Crippen molar-refractivity contribution in [1.29, 1.82) is 0 Å². The number of carbonyl (C=O) groups is 2. The molecule has 0 spiro atoms. The minimum atomic E-state index is -1.15. The summed E-state index contributed by atoms with van der Waals surface area (Å²) in [6.45, 7) is -0.622. The van der Waals surface area contributed by atoms with Crippen molar-refractivity contribution in [2.45, 2.75) is 6.10 Å². The van der Waals surface area contributed by atoms with Crippen LogP contribution in [0.5, 0.6) is 17.2 Å². The van der Waals surface area contributed by atoms with Gasteiger partial charge >= 0.3 is 11.9 Å². The highest BCUT2D eigenvalue weighted by atomic mass is 16.6. The fourth-order valence-corrected chi connectivity index (χ4v) is 2.50. The SMILES string of the molecule is COc1ccc(/C=C/C(=O)OCC(O)COC(=O)/C=C/c2ccc(OC)c(OC)c2)cc1. The topological polar surface area (TPSA) is 101 Å². The van der Waals surface area contributed by atoms with Crippen molar-refractivity contribution in [3.05, 3.63) is 65.7 Å². The summed E-state index contributed by atoms with van der Waals surface area (Å²) in [6, 6.07) is 12.3. The Balaban J connectivity index is 1.73. The Labute approximate surface area is 186 Å². The van der Waals surface area contributed by atoms with Crippen molar-refractivity contribution in [1.82, 2.24) is 0 Å². The van der Waals surface area contributed by atoms with Crippen LogP contribution in [-0.4, -0.2) is 57.7 Å². The van der Waals surface area contributed by atoms with Crippen molar-refractivity contribution in [2.24, 2.45) is 0 Å². The number of aliphatic hydroxyl groups is 1. The number of aliphatic hydroxyl groups excluding tert-OH is 1. The Morgan fingerprint density at radius 1 is 0.781 bits per heavy atom. The van der Waals surface area contributed by atoms with E-state index < -0.39 is 18.0 Å². The second kappa shape index (κ2) is 12.8. The van der Waals surface area contributed by atoms with E-state index in [4.69, 9.17) is 23.7 Å². The number of carbonyl (C=O) groups excluding carboxylic acids is 2. The molecule has 8 heteroatoms. The highest BCUT2D eigenvalue weighted by Gasteiger charge is 2.10. The molecule has 2 aromatic rings. The third-order valence-corrected chi connectivity index (χ3v) is 4.18. The van der Waals surface area contributed by atoms with E-state index in [-0.39, 0.29) is 13.2 Å². The van der Waals surface area contributed by atoms with Crippen LogP contribution in [0.2, 0.25) is 0 Å². The number of hydrogen-bond acceptors (Lipinski definition) is 8. The van der Waals surface area contributed by atoms with Gasteiger partial charge in [-0.05, 0) is 47.5 Å². The maximum atomic E-state index is 11.8. The predicted molar refractivity (Wildman–Crippen MR) is 119 cm³/mol. The second-order valence-corrected chi connectivity index (χ2v) is 6.47. The molecular weight excluding hydrogens is 416 g/mol. The molecule has 0 saturated carbocycles. The van der Waals surface area contributed by atoms with Gasteiger partial charge in [0.25, 0.3) is 0 Å². The lowest BCUT2D eigenvalue weighted by molar-refractivity contribution is -0.146. The molecule has 0 radical (unpaired) electrons. The van der Waals surface area contributed by atoms with Gasteiger partial charge in [0.15, 0.2) is 11.5 Å². The van der Waals surface area contributed by atoms with Gasteiger partial charge in [-0.1, -0.05) is 18.2 Å². The van der Waals surface area contributed by atoms with Gasteiger partial charge in [-0.2, -0.15) is 0 Å². The second-order valence-electron chi connectivity index (χ2n) is 6.47. The Kier molecular flexibility index (Phi) is 9.80. The average Bonchev–Trinajstić information content (AvgIpc) is 2.83. The summed E-state index contributed by atoms with van der Waals surface area (Å²) >= 11 is 0. The first kappa shape index (κ1) is 24.5. The molecule has 0 saturated heterocycles. The van der Waals surface area contributed by atoms with Gasteiger partial charge in [0.05, 0.1) is 21.3 Å². The van der Waals surface area contributed by atoms with E-state index >= 15 is 0 Å². The Bertz CT molecular complexity index is 947. The van der Waals surface area contributed by atoms with Gasteiger partial charge in [-0.15, -0.1) is 0 Å². The monoisotopic (exact) mass is 442 g/mol. The first-order chi connectivity index (χ1) is 15.4. The average molecular weight is 442 g/mol. The van der Waals surface area contributed by atoms with Gasteiger partial charge in [0.1, 0.15) is 25.1 Å². The van der Waals surface area contributed by atoms with Gasteiger partial charge in [-0.3, -0.25) is 0 Å². The van der Waals surface area contributed by atoms with Crippen LogP contribution in [-0.2, 0) is 19.1 Å². The highest BCUT2D eigenvalue weighted by molar-refractivity contribution is 5.87. The molecule has 0 bridgehead atoms. The Morgan fingerprint density at radius 3 is 1.84 bits per heavy atom. The molecule has 170 valence electrons. The highest BCUT2D eigenvalue weighted by Crippen LogP contribution is 2.27. The number of esters is 2. The lowest BCUT2D eigenvalue weighted by Crippen LogP contribution is -2.24. The largest absolute Gasteiger partial charge is 0.497 e. The first-order valence-corrected chi connectivity index (χ1v) is 9.69. The molecule has 0 aromatic heterocycles. The van der Waals surface area contributed by atoms with E-state index in [0.29, 0.717) is 22.8 Å². The van der Waals surface area contributed by atoms with E-state index in [2.05, 4.69) is 0 Å². The molecule has 1 unspecified atom stereocenters. The van der Waals surface area contributed by atoms with Crippen LogP contribution in [0, 0.1) is 0 Å². The van der Waals surface area contributed by atoms with Crippen LogP contribution in [0.25, 0.3) is 12.2 Å². The van der Waals surface area contributed by atoms with Crippen LogP contribution < -0.4 is 14.2 Å². The molecule has 2 rings (SSSR count). The normalized spacial score (nSPS) is 11.9. The van der Waals surface area contributed by atoms with Crippen molar-refractivity contribution in [2.75, 3.05) is 34.5 Å². The van der Waals surface area contributed by atoms with Crippen molar-refractivity contribution >= 4 is 24.1 Å². The summed E-state index contributed by atoms with van der Waals surface area (Å²) < 4.78 is 25.3. The predicted octanol–water partition coefficient (Wildman–Crippen LogP) is 2.89. The number of ether oxygens (including phenoxy) is 5. The Hall–Kier alpha value is -3.78. The summed E-state index contributed by atoms with van der Waals surface area (Å²) in [6.07, 6.45) is 4.43. The molecule has 8 nitrogen and oxygen atoms in total. The third-order valence-electron chi connectivity index (χ3n) is 4.18. The molecule has 0 fully saturated rings. The van der Waals surface area contributed by atoms with Gasteiger partial charge in [0.2, 0.25) is 0 Å². The molecule has 0 aliphatic heterocycles. The van der Waals surface area contributed by atoms with Gasteiger partial charge in [0, 0.05) is 12.2 Å². The van der Waals surface area contributed by atoms with E-state index in [9.17, 15) is 14.7 Å². The molecule has 2 aromatic carbocycles. The lowest BCUT2D eigenvalue weighted by Gasteiger charge is -2.10. The number of rotatable bonds is 11. The van der Waals surface area contributed by atoms with E-state index in [1.165, 1.54) is 26.4 Å². The summed E-state index contributed by atoms with van der Waals surface area (Å²) in [5.74, 6) is 0.537. The zero-order valence-electron chi connectivity index (χ0n) is 18.1. The maximum Gasteiger partial charge on any atom is 0.330 e. The lowest BCUT2D eigenvalue weighted by atomic mass is 10.2. The summed E-state index contributed by atoms with van der Waals surface area (Å²) in [5.41, 5.74) is 1.50. The fraction of sp³-hybridized carbons (Fsp3) is 0.250. The zero-order valence-corrected chi connectivity index (χ0v) is 18.1. The maximum absolute atomic E-state index is 11.8. The summed E-state index contributed by atoms with van der Waals surface area (Å²) in [7, 11) is 4.62. The first-order valence-electron chi connectivity index (χ1n) is 9.69. The zero-order chi connectivity index (χ0) is 23.3. The van der Waals surface area contributed by atoms with Crippen LogP contribution >= 0.6 is 0 Å². The van der Waals surface area contributed by atoms with E-state index in [0.717, 1.165) is 5.56 Å². The standard InChI is InChI=1S/C24H26O8/c1-28-20-9-4-17(5-10-20)7-12-23(26)31-15-19(25)16-32-24(27)13-8-18-6-11-21(29-2)22(14-18)30-3/h4-14,19,25H,15-16H2,1-3H3/b12-7+,13-8+. The number of methoxy groups -OCH3 is 3. The summed E-state index contributed by atoms with van der Waals surface area (Å²) in [5, 5.41) is 9.85. The van der Waals surface area contributed by atoms with Crippen molar-refractivity contribution in [3.8, 4) is 17.2 Å².